The van der Waals surface area contributed by atoms with Crippen molar-refractivity contribution in [2.45, 2.75) is 4.90 Å². The summed E-state index contributed by atoms with van der Waals surface area (Å²) in [5.41, 5.74) is 1.69. The first kappa shape index (κ1) is 17.5. The molecule has 27 heavy (non-hydrogen) atoms. The van der Waals surface area contributed by atoms with Crippen LogP contribution in [0.25, 0.3) is 22.5 Å². The Kier molecular flexibility index (Phi) is 4.54. The number of aromatic nitrogens is 6. The fraction of sp³-hybridized carbons (Fsp3) is 0.312. The number of aromatic amines is 1. The van der Waals surface area contributed by atoms with E-state index in [2.05, 4.69) is 40.8 Å². The Labute approximate surface area is 156 Å². The SMILES string of the molecule is CS(=O)(=O)c1cccc(-c2cnc(N3CCNCC3)nc2)c1-c1nn[nH]n1. The average molecular weight is 386 g/mol. The summed E-state index contributed by atoms with van der Waals surface area (Å²) in [7, 11) is -3.49. The van der Waals surface area contributed by atoms with E-state index in [1.54, 1.807) is 24.5 Å². The van der Waals surface area contributed by atoms with Gasteiger partial charge in [0.15, 0.2) is 9.84 Å². The second-order valence-electron chi connectivity index (χ2n) is 6.20. The van der Waals surface area contributed by atoms with Crippen molar-refractivity contribution in [3.8, 4) is 22.5 Å². The Morgan fingerprint density at radius 1 is 1.11 bits per heavy atom. The van der Waals surface area contributed by atoms with Gasteiger partial charge in [-0.25, -0.2) is 18.4 Å². The van der Waals surface area contributed by atoms with Crippen LogP contribution in [0.3, 0.4) is 0 Å². The van der Waals surface area contributed by atoms with Crippen molar-refractivity contribution in [2.24, 2.45) is 0 Å². The number of hydrogen-bond acceptors (Lipinski definition) is 9. The lowest BCUT2D eigenvalue weighted by molar-refractivity contribution is 0.580. The third-order valence-electron chi connectivity index (χ3n) is 4.34. The predicted molar refractivity (Wildman–Crippen MR) is 98.8 cm³/mol. The van der Waals surface area contributed by atoms with Gasteiger partial charge in [-0.05, 0) is 16.8 Å². The highest BCUT2D eigenvalue weighted by Crippen LogP contribution is 2.34. The van der Waals surface area contributed by atoms with Gasteiger partial charge in [0, 0.05) is 56.0 Å². The van der Waals surface area contributed by atoms with Crippen molar-refractivity contribution in [3.05, 3.63) is 30.6 Å². The summed E-state index contributed by atoms with van der Waals surface area (Å²) in [6.07, 6.45) is 4.53. The van der Waals surface area contributed by atoms with Gasteiger partial charge in [0.25, 0.3) is 0 Å². The number of piperazine rings is 1. The predicted octanol–water partition coefficient (Wildman–Crippen LogP) is 0.137. The molecule has 3 aromatic rings. The molecular formula is C16H18N8O2S. The Hall–Kier alpha value is -2.92. The quantitative estimate of drug-likeness (QED) is 0.643. The lowest BCUT2D eigenvalue weighted by atomic mass is 10.0. The number of anilines is 1. The van der Waals surface area contributed by atoms with Gasteiger partial charge < -0.3 is 10.2 Å². The molecule has 0 saturated carbocycles. The van der Waals surface area contributed by atoms with Gasteiger partial charge in [-0.15, -0.1) is 10.2 Å². The van der Waals surface area contributed by atoms with E-state index in [9.17, 15) is 8.42 Å². The van der Waals surface area contributed by atoms with Crippen LogP contribution in [0.1, 0.15) is 0 Å². The van der Waals surface area contributed by atoms with Crippen molar-refractivity contribution in [1.29, 1.82) is 0 Å². The fourth-order valence-electron chi connectivity index (χ4n) is 3.07. The number of rotatable bonds is 4. The molecule has 0 unspecified atom stereocenters. The molecule has 1 fully saturated rings. The molecule has 1 aliphatic heterocycles. The summed E-state index contributed by atoms with van der Waals surface area (Å²) >= 11 is 0. The molecule has 0 atom stereocenters. The van der Waals surface area contributed by atoms with Crippen molar-refractivity contribution < 1.29 is 8.42 Å². The second-order valence-corrected chi connectivity index (χ2v) is 8.18. The smallest absolute Gasteiger partial charge is 0.225 e. The molecule has 1 aromatic carbocycles. The number of H-pyrrole nitrogens is 1. The summed E-state index contributed by atoms with van der Waals surface area (Å²) < 4.78 is 24.5. The molecule has 3 heterocycles. The Bertz CT molecular complexity index is 1030. The Morgan fingerprint density at radius 3 is 2.48 bits per heavy atom. The molecular weight excluding hydrogens is 368 g/mol. The lowest BCUT2D eigenvalue weighted by Gasteiger charge is -2.27. The standard InChI is InChI=1S/C16H18N8O2S/c1-27(25,26)13-4-2-3-12(14(13)15-20-22-23-21-15)11-9-18-16(19-10-11)24-7-5-17-6-8-24/h2-4,9-10,17H,5-8H2,1H3,(H,20,21,22,23). The highest BCUT2D eigenvalue weighted by Gasteiger charge is 2.22. The summed E-state index contributed by atoms with van der Waals surface area (Å²) in [4.78, 5) is 11.2. The van der Waals surface area contributed by atoms with Gasteiger partial charge in [0.2, 0.25) is 11.8 Å². The van der Waals surface area contributed by atoms with E-state index in [1.165, 1.54) is 6.07 Å². The maximum absolute atomic E-state index is 12.3. The molecule has 10 nitrogen and oxygen atoms in total. The zero-order valence-electron chi connectivity index (χ0n) is 14.6. The van der Waals surface area contributed by atoms with Crippen LogP contribution in [-0.4, -0.2) is 71.4 Å². The number of hydrogen-bond donors (Lipinski definition) is 2. The summed E-state index contributed by atoms with van der Waals surface area (Å²) in [5.74, 6) is 0.859. The van der Waals surface area contributed by atoms with Crippen LogP contribution >= 0.6 is 0 Å². The summed E-state index contributed by atoms with van der Waals surface area (Å²) in [6, 6.07) is 5.00. The van der Waals surface area contributed by atoms with E-state index in [0.717, 1.165) is 32.4 Å². The largest absolute Gasteiger partial charge is 0.338 e. The summed E-state index contributed by atoms with van der Waals surface area (Å²) in [6.45, 7) is 3.47. The number of nitrogens with zero attached hydrogens (tertiary/aromatic N) is 6. The lowest BCUT2D eigenvalue weighted by Crippen LogP contribution is -2.44. The maximum Gasteiger partial charge on any atom is 0.225 e. The van der Waals surface area contributed by atoms with E-state index in [-0.39, 0.29) is 10.7 Å². The van der Waals surface area contributed by atoms with Gasteiger partial charge >= 0.3 is 0 Å². The van der Waals surface area contributed by atoms with Crippen LogP contribution < -0.4 is 10.2 Å². The van der Waals surface area contributed by atoms with E-state index >= 15 is 0 Å². The molecule has 4 rings (SSSR count). The first-order valence-corrected chi connectivity index (χ1v) is 10.3. The van der Waals surface area contributed by atoms with Crippen LogP contribution in [0.5, 0.6) is 0 Å². The van der Waals surface area contributed by atoms with E-state index in [0.29, 0.717) is 22.6 Å². The summed E-state index contributed by atoms with van der Waals surface area (Å²) in [5, 5.41) is 17.2. The molecule has 2 N–H and O–H groups in total. The normalized spacial score (nSPS) is 15.1. The Morgan fingerprint density at radius 2 is 1.85 bits per heavy atom. The fourth-order valence-corrected chi connectivity index (χ4v) is 3.97. The van der Waals surface area contributed by atoms with Crippen LogP contribution in [0, 0.1) is 0 Å². The maximum atomic E-state index is 12.3. The van der Waals surface area contributed by atoms with Crippen molar-refractivity contribution in [1.82, 2.24) is 35.9 Å². The zero-order chi connectivity index (χ0) is 18.9. The molecule has 140 valence electrons. The third kappa shape index (κ3) is 3.51. The number of nitrogens with one attached hydrogen (secondary N) is 2. The van der Waals surface area contributed by atoms with Gasteiger partial charge in [0.05, 0.1) is 4.90 Å². The van der Waals surface area contributed by atoms with Crippen LogP contribution in [-0.2, 0) is 9.84 Å². The number of tetrazole rings is 1. The third-order valence-corrected chi connectivity index (χ3v) is 5.48. The monoisotopic (exact) mass is 386 g/mol. The van der Waals surface area contributed by atoms with E-state index in [1.807, 2.05) is 0 Å². The molecule has 0 radical (unpaired) electrons. The van der Waals surface area contributed by atoms with Crippen LogP contribution in [0.2, 0.25) is 0 Å². The number of benzene rings is 1. The number of sulfone groups is 1. The first-order valence-electron chi connectivity index (χ1n) is 8.39. The van der Waals surface area contributed by atoms with Crippen molar-refractivity contribution in [2.75, 3.05) is 37.3 Å². The molecule has 1 saturated heterocycles. The van der Waals surface area contributed by atoms with Gasteiger partial charge in [-0.2, -0.15) is 5.21 Å². The van der Waals surface area contributed by atoms with Crippen LogP contribution in [0.4, 0.5) is 5.95 Å². The minimum absolute atomic E-state index is 0.132. The molecule has 1 aliphatic rings. The molecule has 0 amide bonds. The molecule has 2 aromatic heterocycles. The minimum Gasteiger partial charge on any atom is -0.338 e. The topological polar surface area (TPSA) is 130 Å². The second kappa shape index (κ2) is 7.00. The average Bonchev–Trinajstić information content (AvgIpc) is 3.22. The first-order chi connectivity index (χ1) is 13.0. The molecule has 0 spiro atoms. The van der Waals surface area contributed by atoms with E-state index < -0.39 is 9.84 Å². The van der Waals surface area contributed by atoms with Crippen molar-refractivity contribution in [3.63, 3.8) is 0 Å². The Balaban J connectivity index is 1.80. The highest BCUT2D eigenvalue weighted by molar-refractivity contribution is 7.90. The zero-order valence-corrected chi connectivity index (χ0v) is 15.4. The van der Waals surface area contributed by atoms with Crippen molar-refractivity contribution >= 4 is 15.8 Å². The molecule has 0 aliphatic carbocycles. The van der Waals surface area contributed by atoms with E-state index in [4.69, 9.17) is 0 Å². The molecule has 11 heteroatoms. The molecule has 0 bridgehead atoms. The van der Waals surface area contributed by atoms with Gasteiger partial charge in [-0.3, -0.25) is 0 Å². The van der Waals surface area contributed by atoms with Gasteiger partial charge in [0.1, 0.15) is 0 Å². The van der Waals surface area contributed by atoms with Crippen LogP contribution in [0.15, 0.2) is 35.5 Å². The van der Waals surface area contributed by atoms with Gasteiger partial charge in [-0.1, -0.05) is 12.1 Å². The minimum atomic E-state index is -3.49. The highest BCUT2D eigenvalue weighted by atomic mass is 32.2.